The Labute approximate surface area is 220 Å². The molecular weight excluding hydrogens is 488 g/mol. The number of fused-ring (bicyclic) bond motifs is 4. The molecule has 1 aliphatic heterocycles. The van der Waals surface area contributed by atoms with Gasteiger partial charge in [-0.2, -0.15) is 10.2 Å². The summed E-state index contributed by atoms with van der Waals surface area (Å²) in [6.07, 6.45) is 0. The number of rotatable bonds is 2. The Bertz CT molecular complexity index is 1210. The third-order valence-corrected chi connectivity index (χ3v) is 5.84. The van der Waals surface area contributed by atoms with Crippen molar-refractivity contribution in [1.82, 2.24) is 31.5 Å². The molecule has 3 heterocycles. The zero-order chi connectivity index (χ0) is 28.0. The fourth-order valence-corrected chi connectivity index (χ4v) is 3.56. The first-order chi connectivity index (χ1) is 18.0. The highest BCUT2D eigenvalue weighted by molar-refractivity contribution is 6.02. The lowest BCUT2D eigenvalue weighted by Gasteiger charge is -2.21. The van der Waals surface area contributed by atoms with Crippen LogP contribution in [0.3, 0.4) is 0 Å². The summed E-state index contributed by atoms with van der Waals surface area (Å²) in [7, 11) is 0. The molecule has 0 unspecified atom stereocenters. The Morgan fingerprint density at radius 3 is 1.32 bits per heavy atom. The van der Waals surface area contributed by atoms with E-state index in [-0.39, 0.29) is 23.2 Å². The Hall–Kier alpha value is -4.48. The zero-order valence-electron chi connectivity index (χ0n) is 22.2. The highest BCUT2D eigenvalue weighted by Gasteiger charge is 2.27. The van der Waals surface area contributed by atoms with E-state index in [0.717, 1.165) is 0 Å². The molecule has 0 aromatic carbocycles. The normalized spacial score (nSPS) is 19.6. The maximum absolute atomic E-state index is 12.9. The van der Waals surface area contributed by atoms with Crippen molar-refractivity contribution in [2.75, 3.05) is 0 Å². The molecule has 2 aromatic heterocycles. The van der Waals surface area contributed by atoms with Gasteiger partial charge in [0.15, 0.2) is 0 Å². The Morgan fingerprint density at radius 2 is 0.947 bits per heavy atom. The van der Waals surface area contributed by atoms with Gasteiger partial charge < -0.3 is 10.6 Å². The molecule has 4 bridgehead atoms. The van der Waals surface area contributed by atoms with Crippen LogP contribution in [0.15, 0.2) is 46.6 Å². The van der Waals surface area contributed by atoms with Crippen LogP contribution in [-0.4, -0.2) is 57.1 Å². The average molecular weight is 521 g/mol. The second-order valence-electron chi connectivity index (χ2n) is 9.55. The van der Waals surface area contributed by atoms with Crippen molar-refractivity contribution in [3.8, 4) is 0 Å². The number of carbonyl (C=O) groups is 4. The van der Waals surface area contributed by atoms with Gasteiger partial charge in [0.2, 0.25) is 0 Å². The summed E-state index contributed by atoms with van der Waals surface area (Å²) in [6, 6.07) is 7.70. The van der Waals surface area contributed by atoms with Crippen LogP contribution >= 0.6 is 0 Å². The van der Waals surface area contributed by atoms with Gasteiger partial charge in [0.05, 0.1) is 22.8 Å². The predicted octanol–water partition coefficient (Wildman–Crippen LogP) is 1.38. The third-order valence-electron chi connectivity index (χ3n) is 5.84. The first kappa shape index (κ1) is 28.1. The van der Waals surface area contributed by atoms with E-state index < -0.39 is 35.7 Å². The number of nitrogens with one attached hydrogen (secondary N) is 4. The summed E-state index contributed by atoms with van der Waals surface area (Å²) in [5.74, 6) is -2.87. The minimum absolute atomic E-state index is 0.0584. The predicted molar refractivity (Wildman–Crippen MR) is 141 cm³/mol. The van der Waals surface area contributed by atoms with Gasteiger partial charge in [-0.25, -0.2) is 20.8 Å². The molecule has 4 N–H and O–H groups in total. The Balaban J connectivity index is 2.05. The average Bonchev–Trinajstić information content (AvgIpc) is 2.90. The maximum atomic E-state index is 12.9. The lowest BCUT2D eigenvalue weighted by atomic mass is 10.0. The molecule has 0 spiro atoms. The molecule has 3 rings (SSSR count). The molecule has 2 atom stereocenters. The molecule has 0 radical (unpaired) electrons. The minimum atomic E-state index is -0.924. The molecule has 12 heteroatoms. The molecule has 38 heavy (non-hydrogen) atoms. The summed E-state index contributed by atoms with van der Waals surface area (Å²) in [5.41, 5.74) is 6.67. The summed E-state index contributed by atoms with van der Waals surface area (Å²) >= 11 is 0. The highest BCUT2D eigenvalue weighted by Crippen LogP contribution is 2.09. The first-order valence-corrected chi connectivity index (χ1v) is 12.2. The number of carbonyl (C=O) groups excluding carboxylic acids is 4. The van der Waals surface area contributed by atoms with Gasteiger partial charge in [-0.15, -0.1) is 0 Å². The number of hydrogen-bond donors (Lipinski definition) is 4. The molecule has 0 saturated heterocycles. The van der Waals surface area contributed by atoms with Crippen molar-refractivity contribution < 1.29 is 19.2 Å². The van der Waals surface area contributed by atoms with Crippen LogP contribution < -0.4 is 21.5 Å². The zero-order valence-corrected chi connectivity index (χ0v) is 22.2. The Morgan fingerprint density at radius 1 is 0.605 bits per heavy atom. The van der Waals surface area contributed by atoms with Gasteiger partial charge in [-0.3, -0.25) is 19.2 Å². The van der Waals surface area contributed by atoms with Crippen LogP contribution in [0.1, 0.15) is 73.9 Å². The monoisotopic (exact) mass is 520 g/mol. The molecule has 2 aromatic rings. The van der Waals surface area contributed by atoms with E-state index in [1.54, 1.807) is 59.7 Å². The van der Waals surface area contributed by atoms with Gasteiger partial charge in [0.25, 0.3) is 23.6 Å². The summed E-state index contributed by atoms with van der Waals surface area (Å²) in [5, 5.41) is 13.6. The SMILES string of the molecule is CC1=NNC(=O)[C@H](C(C)C)NC(=O)c2cccc(n2)C(=O)N[C@@H](C(C)C)C(=O)NN=C(C)c2cccc1n2. The number of pyridine rings is 2. The summed E-state index contributed by atoms with van der Waals surface area (Å²) in [6.45, 7) is 10.5. The molecule has 12 nitrogen and oxygen atoms in total. The van der Waals surface area contributed by atoms with Crippen LogP contribution in [0.5, 0.6) is 0 Å². The number of hydrogen-bond acceptors (Lipinski definition) is 8. The first-order valence-electron chi connectivity index (χ1n) is 12.2. The van der Waals surface area contributed by atoms with E-state index in [4.69, 9.17) is 0 Å². The molecular formula is C26H32N8O4. The van der Waals surface area contributed by atoms with Crippen molar-refractivity contribution >= 4 is 35.1 Å². The highest BCUT2D eigenvalue weighted by atomic mass is 16.2. The number of nitrogens with zero attached hydrogens (tertiary/aromatic N) is 4. The fourth-order valence-electron chi connectivity index (χ4n) is 3.56. The summed E-state index contributed by atoms with van der Waals surface area (Å²) < 4.78 is 0. The van der Waals surface area contributed by atoms with Crippen LogP contribution in [0.2, 0.25) is 0 Å². The van der Waals surface area contributed by atoms with Crippen LogP contribution in [-0.2, 0) is 9.59 Å². The van der Waals surface area contributed by atoms with E-state index in [1.165, 1.54) is 18.2 Å². The van der Waals surface area contributed by atoms with Crippen molar-refractivity contribution in [2.24, 2.45) is 22.0 Å². The van der Waals surface area contributed by atoms with Crippen molar-refractivity contribution in [2.45, 2.75) is 53.6 Å². The molecule has 200 valence electrons. The van der Waals surface area contributed by atoms with E-state index >= 15 is 0 Å². The van der Waals surface area contributed by atoms with Crippen molar-refractivity contribution in [1.29, 1.82) is 0 Å². The quantitative estimate of drug-likeness (QED) is 0.467. The minimum Gasteiger partial charge on any atom is -0.339 e. The third kappa shape index (κ3) is 6.84. The molecule has 0 fully saturated rings. The molecule has 0 aliphatic carbocycles. The fraction of sp³-hybridized carbons (Fsp3) is 0.385. The second-order valence-corrected chi connectivity index (χ2v) is 9.55. The molecule has 1 aliphatic rings. The smallest absolute Gasteiger partial charge is 0.270 e. The van der Waals surface area contributed by atoms with Gasteiger partial charge in [0.1, 0.15) is 23.5 Å². The number of aromatic nitrogens is 2. The standard InChI is InChI=1S/C26H32N8O4/c1-13(2)21-25(37)33-31-15(5)17-9-7-10-18(27-17)16(6)32-34-26(38)22(14(3)4)30-24(36)20-12-8-11-19(28-20)23(35)29-21/h7-14,21-22H,1-6H3,(H,29,35)(H,30,36)(H,33,37)(H,34,38)/t21-,22-/m0/s1. The topological polar surface area (TPSA) is 167 Å². The van der Waals surface area contributed by atoms with E-state index in [1.807, 2.05) is 0 Å². The van der Waals surface area contributed by atoms with E-state index in [2.05, 4.69) is 41.7 Å². The van der Waals surface area contributed by atoms with E-state index in [9.17, 15) is 19.2 Å². The summed E-state index contributed by atoms with van der Waals surface area (Å²) in [4.78, 5) is 60.4. The lowest BCUT2D eigenvalue weighted by Crippen LogP contribution is -2.49. The Kier molecular flexibility index (Phi) is 9.00. The van der Waals surface area contributed by atoms with Gasteiger partial charge in [0, 0.05) is 0 Å². The van der Waals surface area contributed by atoms with Crippen LogP contribution in [0.25, 0.3) is 0 Å². The van der Waals surface area contributed by atoms with Crippen molar-refractivity contribution in [3.63, 3.8) is 0 Å². The maximum Gasteiger partial charge on any atom is 0.270 e. The largest absolute Gasteiger partial charge is 0.339 e. The van der Waals surface area contributed by atoms with Gasteiger partial charge >= 0.3 is 0 Å². The van der Waals surface area contributed by atoms with Crippen molar-refractivity contribution in [3.05, 3.63) is 59.2 Å². The number of amides is 4. The van der Waals surface area contributed by atoms with Gasteiger partial charge in [-0.1, -0.05) is 39.8 Å². The van der Waals surface area contributed by atoms with Gasteiger partial charge in [-0.05, 0) is 49.9 Å². The molecule has 0 saturated carbocycles. The lowest BCUT2D eigenvalue weighted by molar-refractivity contribution is -0.124. The molecule has 4 amide bonds. The number of hydrazone groups is 2. The van der Waals surface area contributed by atoms with E-state index in [0.29, 0.717) is 22.8 Å². The van der Waals surface area contributed by atoms with Crippen LogP contribution in [0, 0.1) is 11.8 Å². The second kappa shape index (κ2) is 12.2. The van der Waals surface area contributed by atoms with Crippen LogP contribution in [0.4, 0.5) is 0 Å².